The Kier molecular flexibility index (Phi) is 7.27. The summed E-state index contributed by atoms with van der Waals surface area (Å²) in [7, 11) is 0. The smallest absolute Gasteiger partial charge is 0.164 e. The van der Waals surface area contributed by atoms with E-state index in [9.17, 15) is 0 Å². The van der Waals surface area contributed by atoms with Gasteiger partial charge in [-0.2, -0.15) is 0 Å². The van der Waals surface area contributed by atoms with E-state index in [2.05, 4.69) is 170 Å². The van der Waals surface area contributed by atoms with E-state index < -0.39 is 0 Å². The molecule has 0 fully saturated rings. The molecule has 4 nitrogen and oxygen atoms in total. The van der Waals surface area contributed by atoms with Crippen LogP contribution in [0.5, 0.6) is 0 Å². The first-order valence-electron chi connectivity index (χ1n) is 18.8. The molecule has 0 aliphatic heterocycles. The van der Waals surface area contributed by atoms with Crippen molar-refractivity contribution in [2.75, 3.05) is 0 Å². The fourth-order valence-corrected chi connectivity index (χ4v) is 8.26. The van der Waals surface area contributed by atoms with Crippen molar-refractivity contribution in [3.05, 3.63) is 193 Å². The van der Waals surface area contributed by atoms with Gasteiger partial charge in [0.1, 0.15) is 11.2 Å². The Hall–Kier alpha value is -7.17. The van der Waals surface area contributed by atoms with E-state index >= 15 is 0 Å². The highest BCUT2D eigenvalue weighted by atomic mass is 16.3. The number of aromatic nitrogens is 3. The van der Waals surface area contributed by atoms with Gasteiger partial charge >= 0.3 is 0 Å². The van der Waals surface area contributed by atoms with Gasteiger partial charge in [0.05, 0.1) is 0 Å². The van der Waals surface area contributed by atoms with Crippen LogP contribution in [-0.2, 0) is 0 Å². The Labute approximate surface area is 318 Å². The second-order valence-electron chi connectivity index (χ2n) is 14.3. The molecule has 4 heteroatoms. The van der Waals surface area contributed by atoms with Gasteiger partial charge in [-0.3, -0.25) is 0 Å². The van der Waals surface area contributed by atoms with Crippen LogP contribution >= 0.6 is 0 Å². The SMILES string of the molecule is C1=CC2=C(c3cccc4c3oc3cccc(-c5nc(-c6ccc(-c7ccc8ccccc8c7)cc6)nc(-c6ccc7ccccc7c6)n5)c34)C=CCC2C=C1. The zero-order valence-corrected chi connectivity index (χ0v) is 29.9. The number of nitrogens with zero attached hydrogens (tertiary/aromatic N) is 3. The molecule has 1 unspecified atom stereocenters. The maximum absolute atomic E-state index is 6.76. The number of benzene rings is 7. The molecule has 0 spiro atoms. The Bertz CT molecular complexity index is 3120. The van der Waals surface area contributed by atoms with Gasteiger partial charge < -0.3 is 4.42 Å². The van der Waals surface area contributed by atoms with Crippen molar-refractivity contribution in [3.63, 3.8) is 0 Å². The second-order valence-corrected chi connectivity index (χ2v) is 14.3. The lowest BCUT2D eigenvalue weighted by Crippen LogP contribution is -2.06. The molecule has 0 bridgehead atoms. The van der Waals surface area contributed by atoms with Crippen LogP contribution in [0.25, 0.3) is 94.3 Å². The lowest BCUT2D eigenvalue weighted by molar-refractivity contribution is 0.667. The van der Waals surface area contributed by atoms with E-state index in [0.29, 0.717) is 23.4 Å². The van der Waals surface area contributed by atoms with Crippen molar-refractivity contribution in [1.29, 1.82) is 0 Å². The number of allylic oxidation sites excluding steroid dienone is 8. The molecule has 258 valence electrons. The van der Waals surface area contributed by atoms with Crippen LogP contribution in [-0.4, -0.2) is 15.0 Å². The van der Waals surface area contributed by atoms with Crippen molar-refractivity contribution in [3.8, 4) is 45.3 Å². The molecule has 2 aliphatic rings. The minimum absolute atomic E-state index is 0.374. The van der Waals surface area contributed by atoms with E-state index in [1.54, 1.807) is 0 Å². The fourth-order valence-electron chi connectivity index (χ4n) is 8.26. The van der Waals surface area contributed by atoms with E-state index in [1.165, 1.54) is 32.9 Å². The highest BCUT2D eigenvalue weighted by Gasteiger charge is 2.23. The van der Waals surface area contributed by atoms with Crippen molar-refractivity contribution in [2.24, 2.45) is 5.92 Å². The second kappa shape index (κ2) is 12.8. The van der Waals surface area contributed by atoms with E-state index in [4.69, 9.17) is 19.4 Å². The van der Waals surface area contributed by atoms with Crippen LogP contribution in [0.4, 0.5) is 0 Å². The molecule has 0 radical (unpaired) electrons. The molecule has 55 heavy (non-hydrogen) atoms. The zero-order valence-electron chi connectivity index (χ0n) is 29.9. The quantitative estimate of drug-likeness (QED) is 0.179. The molecule has 9 aromatic rings. The standard InChI is InChI=1S/C51H33N3O/c1-3-13-37-30-39(28-24-32(37)10-1)34-22-26-36(27-23-34)49-52-50(40-29-25-33-11-2-4-14-38(33)31-40)54-51(53-49)45-20-9-21-46-47(45)44-19-8-18-43(48(44)55-46)42-17-7-15-35-12-5-6-16-41(35)42/h1-14,16-31,35H,15H2. The first-order valence-corrected chi connectivity index (χ1v) is 18.8. The summed E-state index contributed by atoms with van der Waals surface area (Å²) in [5.41, 5.74) is 10.4. The summed E-state index contributed by atoms with van der Waals surface area (Å²) >= 11 is 0. The van der Waals surface area contributed by atoms with Crippen molar-refractivity contribution >= 4 is 49.1 Å². The molecule has 11 rings (SSSR count). The molecule has 0 saturated carbocycles. The number of furan rings is 1. The highest BCUT2D eigenvalue weighted by Crippen LogP contribution is 2.42. The lowest BCUT2D eigenvalue weighted by atomic mass is 9.81. The summed E-state index contributed by atoms with van der Waals surface area (Å²) in [5.74, 6) is 2.22. The zero-order chi connectivity index (χ0) is 36.3. The normalized spacial score (nSPS) is 15.1. The third kappa shape index (κ3) is 5.42. The van der Waals surface area contributed by atoms with Gasteiger partial charge in [0.25, 0.3) is 0 Å². The Morgan fingerprint density at radius 3 is 1.93 bits per heavy atom. The lowest BCUT2D eigenvalue weighted by Gasteiger charge is -2.22. The van der Waals surface area contributed by atoms with Gasteiger partial charge in [-0.15, -0.1) is 0 Å². The Morgan fingerprint density at radius 2 is 1.13 bits per heavy atom. The van der Waals surface area contributed by atoms with E-state index in [-0.39, 0.29) is 0 Å². The van der Waals surface area contributed by atoms with Crippen LogP contribution in [0.1, 0.15) is 12.0 Å². The first kappa shape index (κ1) is 31.4. The number of rotatable bonds is 5. The van der Waals surface area contributed by atoms with Crippen LogP contribution in [0.2, 0.25) is 0 Å². The van der Waals surface area contributed by atoms with Crippen LogP contribution in [0, 0.1) is 5.92 Å². The predicted molar refractivity (Wildman–Crippen MR) is 226 cm³/mol. The molecule has 7 aromatic carbocycles. The molecule has 0 saturated heterocycles. The number of hydrogen-bond donors (Lipinski definition) is 0. The minimum atomic E-state index is 0.374. The summed E-state index contributed by atoms with van der Waals surface area (Å²) in [6, 6.07) is 51.0. The summed E-state index contributed by atoms with van der Waals surface area (Å²) < 4.78 is 6.76. The van der Waals surface area contributed by atoms with Crippen molar-refractivity contribution < 1.29 is 4.42 Å². The molecular weight excluding hydrogens is 671 g/mol. The third-order valence-corrected chi connectivity index (χ3v) is 11.0. The van der Waals surface area contributed by atoms with Crippen LogP contribution in [0.3, 0.4) is 0 Å². The van der Waals surface area contributed by atoms with Crippen LogP contribution in [0.15, 0.2) is 192 Å². The molecular formula is C51H33N3O. The Morgan fingerprint density at radius 1 is 0.491 bits per heavy atom. The van der Waals surface area contributed by atoms with Crippen LogP contribution < -0.4 is 0 Å². The number of hydrogen-bond acceptors (Lipinski definition) is 4. The summed E-state index contributed by atoms with van der Waals surface area (Å²) in [5, 5.41) is 6.79. The Balaban J connectivity index is 1.08. The van der Waals surface area contributed by atoms with Crippen molar-refractivity contribution in [2.45, 2.75) is 6.42 Å². The molecule has 2 aromatic heterocycles. The maximum Gasteiger partial charge on any atom is 0.164 e. The maximum atomic E-state index is 6.76. The average molecular weight is 704 g/mol. The van der Waals surface area contributed by atoms with Gasteiger partial charge in [0, 0.05) is 38.9 Å². The number of para-hydroxylation sites is 1. The first-order chi connectivity index (χ1) is 27.2. The molecule has 1 atom stereocenters. The van der Waals surface area contributed by atoms with E-state index in [1.807, 2.05) is 12.1 Å². The average Bonchev–Trinajstić information content (AvgIpc) is 3.65. The van der Waals surface area contributed by atoms with Gasteiger partial charge in [-0.05, 0) is 68.4 Å². The molecule has 0 N–H and O–H groups in total. The van der Waals surface area contributed by atoms with E-state index in [0.717, 1.165) is 61.6 Å². The van der Waals surface area contributed by atoms with Crippen molar-refractivity contribution in [1.82, 2.24) is 15.0 Å². The summed E-state index contributed by atoms with van der Waals surface area (Å²) in [6.45, 7) is 0. The largest absolute Gasteiger partial charge is 0.455 e. The minimum Gasteiger partial charge on any atom is -0.455 e. The summed E-state index contributed by atoms with van der Waals surface area (Å²) in [6.07, 6.45) is 14.3. The predicted octanol–water partition coefficient (Wildman–Crippen LogP) is 13.2. The topological polar surface area (TPSA) is 51.8 Å². The van der Waals surface area contributed by atoms with Gasteiger partial charge in [0.15, 0.2) is 17.5 Å². The van der Waals surface area contributed by atoms with Gasteiger partial charge in [-0.25, -0.2) is 15.0 Å². The number of fused-ring (bicyclic) bond motifs is 6. The van der Waals surface area contributed by atoms with Gasteiger partial charge in [-0.1, -0.05) is 164 Å². The third-order valence-electron chi connectivity index (χ3n) is 11.0. The summed E-state index contributed by atoms with van der Waals surface area (Å²) in [4.78, 5) is 15.5. The molecule has 0 amide bonds. The fraction of sp³-hybridized carbons (Fsp3) is 0.0392. The molecule has 2 heterocycles. The monoisotopic (exact) mass is 703 g/mol. The van der Waals surface area contributed by atoms with Gasteiger partial charge in [0.2, 0.25) is 0 Å². The molecule has 2 aliphatic carbocycles. The highest BCUT2D eigenvalue weighted by molar-refractivity contribution is 6.14.